The highest BCUT2D eigenvalue weighted by atomic mass is 79.9. The molecule has 2 aromatic rings. The molecule has 1 fully saturated rings. The summed E-state index contributed by atoms with van der Waals surface area (Å²) in [6.45, 7) is 1.99. The lowest BCUT2D eigenvalue weighted by molar-refractivity contribution is -0.120. The van der Waals surface area contributed by atoms with Gasteiger partial charge in [0.1, 0.15) is 0 Å². The van der Waals surface area contributed by atoms with Crippen molar-refractivity contribution in [2.45, 2.75) is 43.5 Å². The van der Waals surface area contributed by atoms with Gasteiger partial charge in [0.25, 0.3) is 0 Å². The van der Waals surface area contributed by atoms with Crippen LogP contribution in [0.25, 0.3) is 0 Å². The molecular formula is C22H23BrN2O4S. The van der Waals surface area contributed by atoms with Crippen molar-refractivity contribution in [1.82, 2.24) is 0 Å². The Morgan fingerprint density at radius 3 is 2.63 bits per heavy atom. The molecular weight excluding hydrogens is 468 g/mol. The molecule has 1 heterocycles. The number of carbonyl (C=O) groups is 2. The summed E-state index contributed by atoms with van der Waals surface area (Å²) >= 11 is 3.33. The minimum absolute atomic E-state index is 0.0297. The van der Waals surface area contributed by atoms with Gasteiger partial charge in [-0.05, 0) is 68.1 Å². The van der Waals surface area contributed by atoms with Crippen LogP contribution in [-0.4, -0.2) is 32.0 Å². The molecule has 1 N–H and O–H groups in total. The van der Waals surface area contributed by atoms with Crippen molar-refractivity contribution in [2.24, 2.45) is 5.92 Å². The Morgan fingerprint density at radius 2 is 1.93 bits per heavy atom. The summed E-state index contributed by atoms with van der Waals surface area (Å²) < 4.78 is 26.4. The summed E-state index contributed by atoms with van der Waals surface area (Å²) in [6.07, 6.45) is 2.38. The fourth-order valence-electron chi connectivity index (χ4n) is 3.80. The van der Waals surface area contributed by atoms with Gasteiger partial charge in [0, 0.05) is 34.2 Å². The third kappa shape index (κ3) is 4.44. The molecule has 1 aliphatic heterocycles. The molecule has 0 radical (unpaired) electrons. The summed E-state index contributed by atoms with van der Waals surface area (Å²) in [5, 5.41) is 2.71. The Morgan fingerprint density at radius 1 is 1.17 bits per heavy atom. The number of anilines is 2. The van der Waals surface area contributed by atoms with Crippen LogP contribution >= 0.6 is 15.9 Å². The largest absolute Gasteiger partial charge is 0.326 e. The number of rotatable bonds is 6. The summed E-state index contributed by atoms with van der Waals surface area (Å²) in [4.78, 5) is 26.8. The number of fused-ring (bicyclic) bond motifs is 1. The highest BCUT2D eigenvalue weighted by Crippen LogP contribution is 2.39. The SMILES string of the molecule is CC1Cc2cc(S(=O)(=O)CCC(=O)Nc3cccc(Br)c3)ccc2N1C(=O)C1CC1. The van der Waals surface area contributed by atoms with Crippen LogP contribution in [0.2, 0.25) is 0 Å². The molecule has 8 heteroatoms. The Bertz CT molecular complexity index is 1110. The molecule has 2 aliphatic rings. The number of hydrogen-bond donors (Lipinski definition) is 1. The summed E-state index contributed by atoms with van der Waals surface area (Å²) in [5.74, 6) is -0.370. The van der Waals surface area contributed by atoms with E-state index in [-0.39, 0.29) is 40.8 Å². The van der Waals surface area contributed by atoms with Gasteiger partial charge in [-0.2, -0.15) is 0 Å². The number of nitrogens with one attached hydrogen (secondary N) is 1. The fraction of sp³-hybridized carbons (Fsp3) is 0.364. The van der Waals surface area contributed by atoms with Crippen LogP contribution in [0.4, 0.5) is 11.4 Å². The highest BCUT2D eigenvalue weighted by Gasteiger charge is 2.39. The van der Waals surface area contributed by atoms with E-state index in [1.807, 2.05) is 17.9 Å². The van der Waals surface area contributed by atoms with Crippen molar-refractivity contribution in [3.8, 4) is 0 Å². The summed E-state index contributed by atoms with van der Waals surface area (Å²) in [7, 11) is -3.61. The van der Waals surface area contributed by atoms with Crippen molar-refractivity contribution in [3.05, 3.63) is 52.5 Å². The van der Waals surface area contributed by atoms with Crippen LogP contribution < -0.4 is 10.2 Å². The normalized spacial score (nSPS) is 18.2. The van der Waals surface area contributed by atoms with Gasteiger partial charge in [0.2, 0.25) is 11.8 Å². The van der Waals surface area contributed by atoms with Crippen molar-refractivity contribution in [1.29, 1.82) is 0 Å². The fourth-order valence-corrected chi connectivity index (χ4v) is 5.48. The first-order valence-electron chi connectivity index (χ1n) is 9.99. The first-order chi connectivity index (χ1) is 14.2. The van der Waals surface area contributed by atoms with Crippen molar-refractivity contribution >= 4 is 49.0 Å². The number of amides is 2. The van der Waals surface area contributed by atoms with Crippen molar-refractivity contribution in [2.75, 3.05) is 16.0 Å². The maximum Gasteiger partial charge on any atom is 0.230 e. The van der Waals surface area contributed by atoms with E-state index in [1.165, 1.54) is 0 Å². The molecule has 30 heavy (non-hydrogen) atoms. The quantitative estimate of drug-likeness (QED) is 0.664. The van der Waals surface area contributed by atoms with Gasteiger partial charge in [0.05, 0.1) is 10.6 Å². The molecule has 0 bridgehead atoms. The number of nitrogens with zero attached hydrogens (tertiary/aromatic N) is 1. The molecule has 4 rings (SSSR count). The van der Waals surface area contributed by atoms with Gasteiger partial charge in [-0.1, -0.05) is 22.0 Å². The first-order valence-corrected chi connectivity index (χ1v) is 12.4. The van der Waals surface area contributed by atoms with Gasteiger partial charge in [0.15, 0.2) is 9.84 Å². The number of halogens is 1. The predicted octanol–water partition coefficient (Wildman–Crippen LogP) is 3.94. The Kier molecular flexibility index (Phi) is 5.72. The van der Waals surface area contributed by atoms with Crippen molar-refractivity contribution < 1.29 is 18.0 Å². The second-order valence-electron chi connectivity index (χ2n) is 7.95. The smallest absolute Gasteiger partial charge is 0.230 e. The van der Waals surface area contributed by atoms with Gasteiger partial charge >= 0.3 is 0 Å². The second kappa shape index (κ2) is 8.15. The average molecular weight is 491 g/mol. The lowest BCUT2D eigenvalue weighted by atomic mass is 10.1. The van der Waals surface area contributed by atoms with Crippen LogP contribution in [0.1, 0.15) is 31.7 Å². The lowest BCUT2D eigenvalue weighted by Gasteiger charge is -2.22. The van der Waals surface area contributed by atoms with E-state index in [2.05, 4.69) is 21.2 Å². The monoisotopic (exact) mass is 490 g/mol. The zero-order chi connectivity index (χ0) is 21.5. The number of hydrogen-bond acceptors (Lipinski definition) is 4. The van der Waals surface area contributed by atoms with E-state index >= 15 is 0 Å². The molecule has 158 valence electrons. The molecule has 6 nitrogen and oxygen atoms in total. The van der Waals surface area contributed by atoms with Gasteiger partial charge in [-0.15, -0.1) is 0 Å². The molecule has 2 aromatic carbocycles. The van der Waals surface area contributed by atoms with Crippen LogP contribution in [-0.2, 0) is 25.8 Å². The molecule has 0 spiro atoms. The average Bonchev–Trinajstić information content (AvgIpc) is 3.48. The minimum atomic E-state index is -3.61. The maximum atomic E-state index is 12.8. The summed E-state index contributed by atoms with van der Waals surface area (Å²) in [5.41, 5.74) is 2.29. The van der Waals surface area contributed by atoms with E-state index in [4.69, 9.17) is 0 Å². The maximum absolute atomic E-state index is 12.8. The Balaban J connectivity index is 1.44. The molecule has 0 aromatic heterocycles. The van der Waals surface area contributed by atoms with Crippen LogP contribution in [0.15, 0.2) is 51.8 Å². The lowest BCUT2D eigenvalue weighted by Crippen LogP contribution is -2.36. The predicted molar refractivity (Wildman–Crippen MR) is 119 cm³/mol. The Labute approximate surface area is 184 Å². The van der Waals surface area contributed by atoms with Crippen LogP contribution in [0.5, 0.6) is 0 Å². The number of benzene rings is 2. The molecule has 0 saturated heterocycles. The van der Waals surface area contributed by atoms with E-state index in [0.717, 1.165) is 28.6 Å². The second-order valence-corrected chi connectivity index (χ2v) is 11.0. The highest BCUT2D eigenvalue weighted by molar-refractivity contribution is 9.10. The van der Waals surface area contributed by atoms with Crippen LogP contribution in [0, 0.1) is 5.92 Å². The molecule has 1 unspecified atom stereocenters. The number of carbonyl (C=O) groups excluding carboxylic acids is 2. The molecule has 1 saturated carbocycles. The van der Waals surface area contributed by atoms with E-state index in [1.54, 1.807) is 36.4 Å². The Hall–Kier alpha value is -2.19. The first kappa shape index (κ1) is 21.1. The van der Waals surface area contributed by atoms with Gasteiger partial charge in [-0.3, -0.25) is 9.59 Å². The summed E-state index contributed by atoms with van der Waals surface area (Å²) in [6, 6.07) is 12.1. The standard InChI is InChI=1S/C22H23BrN2O4S/c1-14-11-16-12-19(7-8-20(16)25(14)22(27)15-5-6-15)30(28,29)10-9-21(26)24-18-4-2-3-17(23)13-18/h2-4,7-8,12-15H,5-6,9-11H2,1H3,(H,24,26). The number of sulfone groups is 1. The van der Waals surface area contributed by atoms with E-state index in [0.29, 0.717) is 12.1 Å². The van der Waals surface area contributed by atoms with E-state index in [9.17, 15) is 18.0 Å². The van der Waals surface area contributed by atoms with Gasteiger partial charge < -0.3 is 10.2 Å². The topological polar surface area (TPSA) is 83.6 Å². The third-order valence-electron chi connectivity index (χ3n) is 5.50. The zero-order valence-corrected chi connectivity index (χ0v) is 19.0. The molecule has 1 atom stereocenters. The third-order valence-corrected chi connectivity index (χ3v) is 7.70. The van der Waals surface area contributed by atoms with Gasteiger partial charge in [-0.25, -0.2) is 8.42 Å². The molecule has 2 amide bonds. The molecule has 1 aliphatic carbocycles. The zero-order valence-electron chi connectivity index (χ0n) is 16.6. The van der Waals surface area contributed by atoms with Crippen molar-refractivity contribution in [3.63, 3.8) is 0 Å². The minimum Gasteiger partial charge on any atom is -0.326 e. The van der Waals surface area contributed by atoms with E-state index < -0.39 is 9.84 Å². The van der Waals surface area contributed by atoms with Crippen LogP contribution in [0.3, 0.4) is 0 Å².